The molecule has 0 saturated heterocycles. The van der Waals surface area contributed by atoms with Gasteiger partial charge in [0.2, 0.25) is 0 Å². The number of amides is 1. The van der Waals surface area contributed by atoms with Gasteiger partial charge < -0.3 is 15.1 Å². The summed E-state index contributed by atoms with van der Waals surface area (Å²) >= 11 is 0. The maximum Gasteiger partial charge on any atom is 0.253 e. The van der Waals surface area contributed by atoms with Crippen molar-refractivity contribution in [1.29, 1.82) is 0 Å². The molecule has 0 spiro atoms. The van der Waals surface area contributed by atoms with Crippen LogP contribution in [0.15, 0.2) is 66.2 Å². The van der Waals surface area contributed by atoms with Crippen LogP contribution >= 0.6 is 0 Å². The average Bonchev–Trinajstić information content (AvgIpc) is 2.97. The van der Waals surface area contributed by atoms with Crippen molar-refractivity contribution in [1.82, 2.24) is 20.1 Å². The molecule has 3 rings (SSSR count). The molecule has 0 aliphatic carbocycles. The highest BCUT2D eigenvalue weighted by Gasteiger charge is 2.17. The number of carbonyl (C=O) groups excluding carboxylic acids is 2. The van der Waals surface area contributed by atoms with E-state index in [1.807, 2.05) is 69.4 Å². The first-order valence-electron chi connectivity index (χ1n) is 14.3. The van der Waals surface area contributed by atoms with Crippen LogP contribution in [0.25, 0.3) is 11.6 Å². The van der Waals surface area contributed by atoms with Gasteiger partial charge in [-0.2, -0.15) is 0 Å². The van der Waals surface area contributed by atoms with Gasteiger partial charge in [0.25, 0.3) is 5.91 Å². The highest BCUT2D eigenvalue weighted by molar-refractivity contribution is 5.94. The van der Waals surface area contributed by atoms with Crippen LogP contribution < -0.4 is 10.2 Å². The Hall–Kier alpha value is -3.97. The van der Waals surface area contributed by atoms with Gasteiger partial charge in [0.15, 0.2) is 0 Å². The Kier molecular flexibility index (Phi) is 13.2. The molecule has 1 aromatic carbocycles. The molecule has 1 N–H and O–H groups in total. The number of allylic oxidation sites excluding steroid dienone is 2. The van der Waals surface area contributed by atoms with E-state index in [9.17, 15) is 9.59 Å². The lowest BCUT2D eigenvalue weighted by molar-refractivity contribution is -0.104. The standard InChI is InChI=1S/C32H41N5O2.C2H6/c1-23(20-30-25(3)34-15-10-31(30)36(7)16-13-28(33-4)14-19-38)22-37-17-11-26(12-18-37)29-9-8-27(21-24(29)2)32(39)35(5)6;1-2/h8-11,13-16,19-21,33H,12,17-18,22H2,1-7H3;1-2H3/b16-13-,23-20+,28-14+;. The Morgan fingerprint density at radius 1 is 1.15 bits per heavy atom. The number of benzene rings is 1. The minimum atomic E-state index is 0.0300. The molecule has 1 aromatic heterocycles. The number of carbonyl (C=O) groups is 2. The van der Waals surface area contributed by atoms with Crippen molar-refractivity contribution in [2.24, 2.45) is 0 Å². The first kappa shape index (κ1) is 33.2. The van der Waals surface area contributed by atoms with Gasteiger partial charge in [0, 0.05) is 88.8 Å². The van der Waals surface area contributed by atoms with E-state index in [0.717, 1.165) is 66.1 Å². The predicted molar refractivity (Wildman–Crippen MR) is 173 cm³/mol. The molecule has 220 valence electrons. The van der Waals surface area contributed by atoms with Gasteiger partial charge in [-0.05, 0) is 68.2 Å². The fourth-order valence-corrected chi connectivity index (χ4v) is 4.78. The largest absolute Gasteiger partial charge is 0.388 e. The number of aldehydes is 1. The molecule has 2 heterocycles. The van der Waals surface area contributed by atoms with Crippen molar-refractivity contribution in [3.05, 3.63) is 94.1 Å². The fraction of sp³-hybridized carbons (Fsp3) is 0.382. The molecule has 0 bridgehead atoms. The summed E-state index contributed by atoms with van der Waals surface area (Å²) in [5.74, 6) is 0.0300. The van der Waals surface area contributed by atoms with E-state index in [1.54, 1.807) is 26.0 Å². The van der Waals surface area contributed by atoms with Crippen molar-refractivity contribution in [3.8, 4) is 0 Å². The quantitative estimate of drug-likeness (QED) is 0.224. The van der Waals surface area contributed by atoms with Gasteiger partial charge in [-0.25, -0.2) is 0 Å². The molecule has 0 atom stereocenters. The Bertz CT molecular complexity index is 1320. The van der Waals surface area contributed by atoms with Gasteiger partial charge in [-0.1, -0.05) is 37.6 Å². The first-order chi connectivity index (χ1) is 19.6. The highest BCUT2D eigenvalue weighted by Crippen LogP contribution is 2.28. The fourth-order valence-electron chi connectivity index (χ4n) is 4.78. The van der Waals surface area contributed by atoms with E-state index in [4.69, 9.17) is 0 Å². The lowest BCUT2D eigenvalue weighted by atomic mass is 9.93. The maximum absolute atomic E-state index is 12.3. The topological polar surface area (TPSA) is 68.8 Å². The van der Waals surface area contributed by atoms with Crippen LogP contribution in [0.3, 0.4) is 0 Å². The van der Waals surface area contributed by atoms with Crippen LogP contribution in [-0.4, -0.2) is 74.8 Å². The minimum absolute atomic E-state index is 0.0300. The second kappa shape index (κ2) is 16.3. The van der Waals surface area contributed by atoms with Gasteiger partial charge in [0.05, 0.1) is 5.69 Å². The summed E-state index contributed by atoms with van der Waals surface area (Å²) in [6, 6.07) is 8.03. The number of nitrogens with one attached hydrogen (secondary N) is 1. The zero-order chi connectivity index (χ0) is 30.5. The Labute approximate surface area is 246 Å². The molecule has 7 heteroatoms. The van der Waals surface area contributed by atoms with Gasteiger partial charge in [-0.15, -0.1) is 0 Å². The number of aromatic nitrogens is 1. The summed E-state index contributed by atoms with van der Waals surface area (Å²) in [6.07, 6.45) is 13.4. The molecule has 0 fully saturated rings. The van der Waals surface area contributed by atoms with Crippen molar-refractivity contribution in [2.75, 3.05) is 52.7 Å². The number of hydrogen-bond acceptors (Lipinski definition) is 6. The van der Waals surface area contributed by atoms with Crippen molar-refractivity contribution < 1.29 is 9.59 Å². The Morgan fingerprint density at radius 3 is 2.46 bits per heavy atom. The molecular formula is C34H47N5O2. The molecule has 1 amide bonds. The third-order valence-corrected chi connectivity index (χ3v) is 6.94. The van der Waals surface area contributed by atoms with Crippen LogP contribution in [0.2, 0.25) is 0 Å². The lowest BCUT2D eigenvalue weighted by Gasteiger charge is -2.27. The normalized spacial score (nSPS) is 14.2. The maximum atomic E-state index is 12.3. The second-order valence-electron chi connectivity index (χ2n) is 10.2. The van der Waals surface area contributed by atoms with E-state index < -0.39 is 0 Å². The van der Waals surface area contributed by atoms with Crippen LogP contribution in [0.1, 0.15) is 59.9 Å². The number of rotatable bonds is 10. The van der Waals surface area contributed by atoms with Crippen molar-refractivity contribution >= 4 is 29.5 Å². The number of likely N-dealkylation sites (N-methyl/N-ethyl adjacent to an activating group) is 1. The molecule has 0 unspecified atom stereocenters. The second-order valence-corrected chi connectivity index (χ2v) is 10.2. The average molecular weight is 558 g/mol. The van der Waals surface area contributed by atoms with Crippen LogP contribution in [-0.2, 0) is 4.79 Å². The summed E-state index contributed by atoms with van der Waals surface area (Å²) in [5, 5.41) is 3.01. The number of pyridine rings is 1. The van der Waals surface area contributed by atoms with Gasteiger partial charge in [-0.3, -0.25) is 19.5 Å². The number of nitrogens with zero attached hydrogens (tertiary/aromatic N) is 4. The SMILES string of the molecule is CC.CNC(/C=C\N(C)c1ccnc(C)c1/C=C(\C)CN1CC=C(c2ccc(C(=O)N(C)C)cc2C)CC1)=C/C=O. The lowest BCUT2D eigenvalue weighted by Crippen LogP contribution is -2.30. The smallest absolute Gasteiger partial charge is 0.253 e. The molecule has 1 aliphatic heterocycles. The van der Waals surface area contributed by atoms with E-state index in [1.165, 1.54) is 22.8 Å². The summed E-state index contributed by atoms with van der Waals surface area (Å²) in [7, 11) is 7.34. The van der Waals surface area contributed by atoms with Gasteiger partial charge in [0.1, 0.15) is 6.29 Å². The monoisotopic (exact) mass is 557 g/mol. The Morgan fingerprint density at radius 2 is 1.88 bits per heavy atom. The molecule has 0 saturated carbocycles. The molecule has 1 aliphatic rings. The minimum Gasteiger partial charge on any atom is -0.388 e. The third kappa shape index (κ3) is 9.29. The van der Waals surface area contributed by atoms with Crippen molar-refractivity contribution in [2.45, 2.75) is 41.0 Å². The number of aryl methyl sites for hydroxylation is 2. The number of hydrogen-bond donors (Lipinski definition) is 1. The molecular weight excluding hydrogens is 510 g/mol. The zero-order valence-electron chi connectivity index (χ0n) is 26.3. The van der Waals surface area contributed by atoms with Crippen LogP contribution in [0.5, 0.6) is 0 Å². The van der Waals surface area contributed by atoms with Crippen LogP contribution in [0.4, 0.5) is 5.69 Å². The van der Waals surface area contributed by atoms with Gasteiger partial charge >= 0.3 is 0 Å². The van der Waals surface area contributed by atoms with E-state index in [2.05, 4.69) is 47.3 Å². The first-order valence-corrected chi connectivity index (χ1v) is 14.3. The Balaban J connectivity index is 0.00000287. The highest BCUT2D eigenvalue weighted by atomic mass is 16.2. The van der Waals surface area contributed by atoms with E-state index >= 15 is 0 Å². The zero-order valence-corrected chi connectivity index (χ0v) is 26.3. The summed E-state index contributed by atoms with van der Waals surface area (Å²) in [6.45, 7) is 13.0. The van der Waals surface area contributed by atoms with Crippen LogP contribution in [0, 0.1) is 13.8 Å². The van der Waals surface area contributed by atoms with E-state index in [-0.39, 0.29) is 5.91 Å². The summed E-state index contributed by atoms with van der Waals surface area (Å²) in [4.78, 5) is 33.8. The molecule has 0 radical (unpaired) electrons. The predicted octanol–water partition coefficient (Wildman–Crippen LogP) is 5.87. The third-order valence-electron chi connectivity index (χ3n) is 6.94. The molecule has 2 aromatic rings. The van der Waals surface area contributed by atoms with E-state index in [0.29, 0.717) is 0 Å². The summed E-state index contributed by atoms with van der Waals surface area (Å²) < 4.78 is 0. The summed E-state index contributed by atoms with van der Waals surface area (Å²) in [5.41, 5.74) is 9.55. The number of anilines is 1. The molecule has 7 nitrogen and oxygen atoms in total. The molecule has 41 heavy (non-hydrogen) atoms. The van der Waals surface area contributed by atoms with Crippen molar-refractivity contribution in [3.63, 3.8) is 0 Å².